The number of nitrogens with zero attached hydrogens (tertiary/aromatic N) is 3. The van der Waals surface area contributed by atoms with Crippen molar-refractivity contribution in [3.63, 3.8) is 0 Å². The standard InChI is InChI=1S/C25H28N4OS/c1-4-30-20-12-10-19(11-13-20)29-24(21-15-16(2)28(17(21)3)18-8-9-18)23(27-25(29)31)22-7-5-6-14-26-22/h5-7,10-15,18,23-24H,4,8-9H2,1-3H3,(H,27,31)/t23-,24+/m0/s1. The second-order valence-corrected chi connectivity index (χ2v) is 8.74. The highest BCUT2D eigenvalue weighted by atomic mass is 32.1. The lowest BCUT2D eigenvalue weighted by Crippen LogP contribution is -2.29. The van der Waals surface area contributed by atoms with Crippen LogP contribution in [-0.2, 0) is 0 Å². The molecule has 1 aliphatic carbocycles. The number of benzene rings is 1. The fraction of sp³-hybridized carbons (Fsp3) is 0.360. The van der Waals surface area contributed by atoms with Gasteiger partial charge in [0.2, 0.25) is 0 Å². The Kier molecular flexibility index (Phi) is 5.18. The summed E-state index contributed by atoms with van der Waals surface area (Å²) in [5.41, 5.74) is 6.01. The third kappa shape index (κ3) is 3.59. The lowest BCUT2D eigenvalue weighted by atomic mass is 9.96. The van der Waals surface area contributed by atoms with Gasteiger partial charge in [-0.15, -0.1) is 0 Å². The molecule has 31 heavy (non-hydrogen) atoms. The van der Waals surface area contributed by atoms with Crippen LogP contribution in [0, 0.1) is 13.8 Å². The highest BCUT2D eigenvalue weighted by molar-refractivity contribution is 7.80. The molecule has 1 saturated heterocycles. The predicted molar refractivity (Wildman–Crippen MR) is 128 cm³/mol. The average molecular weight is 433 g/mol. The molecule has 1 saturated carbocycles. The molecular weight excluding hydrogens is 404 g/mol. The van der Waals surface area contributed by atoms with Gasteiger partial charge in [0.05, 0.1) is 24.4 Å². The van der Waals surface area contributed by atoms with Crippen molar-refractivity contribution in [3.8, 4) is 5.75 Å². The third-order valence-electron chi connectivity index (χ3n) is 6.28. The van der Waals surface area contributed by atoms with Gasteiger partial charge >= 0.3 is 0 Å². The Labute approximate surface area is 189 Å². The molecule has 2 atom stereocenters. The van der Waals surface area contributed by atoms with Gasteiger partial charge in [0.25, 0.3) is 0 Å². The number of aromatic nitrogens is 2. The van der Waals surface area contributed by atoms with Gasteiger partial charge in [0.1, 0.15) is 5.75 Å². The molecule has 5 nitrogen and oxygen atoms in total. The van der Waals surface area contributed by atoms with Crippen LogP contribution in [0.25, 0.3) is 0 Å². The van der Waals surface area contributed by atoms with Crippen molar-refractivity contribution in [1.29, 1.82) is 0 Å². The number of thiocarbonyl (C=S) groups is 1. The quantitative estimate of drug-likeness (QED) is 0.528. The Balaban J connectivity index is 1.61. The molecule has 6 heteroatoms. The van der Waals surface area contributed by atoms with E-state index in [0.29, 0.717) is 12.6 Å². The van der Waals surface area contributed by atoms with E-state index in [-0.39, 0.29) is 12.1 Å². The van der Waals surface area contributed by atoms with Crippen LogP contribution in [0.4, 0.5) is 5.69 Å². The summed E-state index contributed by atoms with van der Waals surface area (Å²) in [6, 6.07) is 17.3. The summed E-state index contributed by atoms with van der Waals surface area (Å²) in [7, 11) is 0. The molecule has 5 rings (SSSR count). The molecule has 0 amide bonds. The predicted octanol–water partition coefficient (Wildman–Crippen LogP) is 5.41. The van der Waals surface area contributed by atoms with Crippen LogP contribution >= 0.6 is 12.2 Å². The van der Waals surface area contributed by atoms with Gasteiger partial charge in [-0.2, -0.15) is 0 Å². The number of hydrogen-bond donors (Lipinski definition) is 1. The number of hydrogen-bond acceptors (Lipinski definition) is 3. The van der Waals surface area contributed by atoms with E-state index in [0.717, 1.165) is 22.2 Å². The molecule has 2 aliphatic rings. The first-order chi connectivity index (χ1) is 15.1. The van der Waals surface area contributed by atoms with Crippen molar-refractivity contribution in [2.24, 2.45) is 0 Å². The molecule has 3 aromatic rings. The number of anilines is 1. The second kappa shape index (κ2) is 8.00. The van der Waals surface area contributed by atoms with Gasteiger partial charge in [-0.25, -0.2) is 0 Å². The van der Waals surface area contributed by atoms with E-state index >= 15 is 0 Å². The molecule has 0 bridgehead atoms. The minimum absolute atomic E-state index is 0.0200. The van der Waals surface area contributed by atoms with Crippen LogP contribution < -0.4 is 15.0 Å². The summed E-state index contributed by atoms with van der Waals surface area (Å²) in [6.07, 6.45) is 4.39. The molecule has 2 aromatic heterocycles. The maximum Gasteiger partial charge on any atom is 0.174 e. The Morgan fingerprint density at radius 3 is 2.55 bits per heavy atom. The Bertz CT molecular complexity index is 1090. The summed E-state index contributed by atoms with van der Waals surface area (Å²) in [5.74, 6) is 0.870. The van der Waals surface area contributed by atoms with Crippen LogP contribution in [0.3, 0.4) is 0 Å². The van der Waals surface area contributed by atoms with Crippen molar-refractivity contribution in [3.05, 3.63) is 77.4 Å². The number of rotatable bonds is 6. The maximum absolute atomic E-state index is 5.86. The van der Waals surface area contributed by atoms with E-state index in [1.54, 1.807) is 0 Å². The normalized spacial score (nSPS) is 20.7. The highest BCUT2D eigenvalue weighted by Crippen LogP contribution is 2.46. The Hall–Kier alpha value is -2.86. The van der Waals surface area contributed by atoms with E-state index < -0.39 is 0 Å². The molecule has 1 N–H and O–H groups in total. The molecule has 160 valence electrons. The lowest BCUT2D eigenvalue weighted by Gasteiger charge is -2.28. The highest BCUT2D eigenvalue weighted by Gasteiger charge is 2.42. The summed E-state index contributed by atoms with van der Waals surface area (Å²) in [6.45, 7) is 7.11. The summed E-state index contributed by atoms with van der Waals surface area (Å²) in [4.78, 5) is 6.91. The van der Waals surface area contributed by atoms with Gasteiger partial charge in [-0.1, -0.05) is 6.07 Å². The molecule has 2 fully saturated rings. The first kappa shape index (κ1) is 20.1. The summed E-state index contributed by atoms with van der Waals surface area (Å²) in [5, 5.41) is 4.29. The Morgan fingerprint density at radius 2 is 1.90 bits per heavy atom. The number of ether oxygens (including phenoxy) is 1. The summed E-state index contributed by atoms with van der Waals surface area (Å²) >= 11 is 5.86. The molecular formula is C25H28N4OS. The Morgan fingerprint density at radius 1 is 1.13 bits per heavy atom. The molecule has 3 heterocycles. The SMILES string of the molecule is CCOc1ccc(N2C(=S)N[C@@H](c3ccccn3)[C@H]2c2cc(C)n(C3CC3)c2C)cc1. The minimum Gasteiger partial charge on any atom is -0.494 e. The van der Waals surface area contributed by atoms with Gasteiger partial charge in [-0.3, -0.25) is 4.98 Å². The molecule has 0 spiro atoms. The van der Waals surface area contributed by atoms with Crippen molar-refractivity contribution < 1.29 is 4.74 Å². The number of aryl methyl sites for hydroxylation is 1. The van der Waals surface area contributed by atoms with Crippen molar-refractivity contribution in [2.75, 3.05) is 11.5 Å². The fourth-order valence-corrected chi connectivity index (χ4v) is 5.16. The van der Waals surface area contributed by atoms with E-state index in [4.69, 9.17) is 17.0 Å². The minimum atomic E-state index is -0.0200. The fourth-order valence-electron chi connectivity index (χ4n) is 4.82. The summed E-state index contributed by atoms with van der Waals surface area (Å²) < 4.78 is 8.15. The van der Waals surface area contributed by atoms with Gasteiger partial charge in [0, 0.05) is 29.3 Å². The van der Waals surface area contributed by atoms with Gasteiger partial charge in [-0.05, 0) is 93.9 Å². The average Bonchev–Trinajstić information content (AvgIpc) is 3.49. The molecule has 1 aromatic carbocycles. The van der Waals surface area contributed by atoms with E-state index in [1.165, 1.54) is 29.8 Å². The largest absolute Gasteiger partial charge is 0.494 e. The zero-order chi connectivity index (χ0) is 21.5. The van der Waals surface area contributed by atoms with Crippen molar-refractivity contribution in [1.82, 2.24) is 14.9 Å². The number of pyridine rings is 1. The molecule has 1 aliphatic heterocycles. The topological polar surface area (TPSA) is 42.3 Å². The van der Waals surface area contributed by atoms with Crippen LogP contribution in [-0.4, -0.2) is 21.3 Å². The van der Waals surface area contributed by atoms with Gasteiger partial charge < -0.3 is 19.5 Å². The van der Waals surface area contributed by atoms with E-state index in [2.05, 4.69) is 57.9 Å². The van der Waals surface area contributed by atoms with Crippen LogP contribution in [0.15, 0.2) is 54.7 Å². The second-order valence-electron chi connectivity index (χ2n) is 8.35. The van der Waals surface area contributed by atoms with Crippen LogP contribution in [0.1, 0.15) is 60.5 Å². The van der Waals surface area contributed by atoms with Crippen LogP contribution in [0.5, 0.6) is 5.75 Å². The lowest BCUT2D eigenvalue weighted by molar-refractivity contribution is 0.340. The first-order valence-corrected chi connectivity index (χ1v) is 11.4. The van der Waals surface area contributed by atoms with E-state index in [1.807, 2.05) is 37.4 Å². The molecule has 0 unspecified atom stereocenters. The van der Waals surface area contributed by atoms with Gasteiger partial charge in [0.15, 0.2) is 5.11 Å². The smallest absolute Gasteiger partial charge is 0.174 e. The zero-order valence-electron chi connectivity index (χ0n) is 18.2. The first-order valence-electron chi connectivity index (χ1n) is 11.0. The number of nitrogens with one attached hydrogen (secondary N) is 1. The van der Waals surface area contributed by atoms with Crippen LogP contribution in [0.2, 0.25) is 0 Å². The molecule has 0 radical (unpaired) electrons. The maximum atomic E-state index is 5.86. The monoisotopic (exact) mass is 432 g/mol. The zero-order valence-corrected chi connectivity index (χ0v) is 19.0. The third-order valence-corrected chi connectivity index (χ3v) is 6.59. The van der Waals surface area contributed by atoms with E-state index in [9.17, 15) is 0 Å². The van der Waals surface area contributed by atoms with Crippen molar-refractivity contribution >= 4 is 23.0 Å². The van der Waals surface area contributed by atoms with Crippen molar-refractivity contribution in [2.45, 2.75) is 51.7 Å².